The van der Waals surface area contributed by atoms with E-state index in [4.69, 9.17) is 0 Å². The average Bonchev–Trinajstić information content (AvgIpc) is 3.09. The van der Waals surface area contributed by atoms with Gasteiger partial charge in [-0.15, -0.1) is 0 Å². The largest absolute Gasteiger partial charge is 0.349 e. The number of hydrogen-bond acceptors (Lipinski definition) is 3. The van der Waals surface area contributed by atoms with Gasteiger partial charge in [-0.25, -0.2) is 0 Å². The fourth-order valence-electron chi connectivity index (χ4n) is 3.26. The Labute approximate surface area is 136 Å². The number of amides is 2. The molecule has 0 spiro atoms. The fraction of sp³-hybridized carbons (Fsp3) is 0.500. The number of pyridine rings is 1. The van der Waals surface area contributed by atoms with E-state index in [1.54, 1.807) is 24.5 Å². The zero-order valence-electron chi connectivity index (χ0n) is 13.3. The average molecular weight is 313 g/mol. The van der Waals surface area contributed by atoms with Crippen molar-refractivity contribution in [3.8, 4) is 0 Å². The van der Waals surface area contributed by atoms with E-state index >= 15 is 0 Å². The van der Waals surface area contributed by atoms with Crippen LogP contribution in [0.4, 0.5) is 0 Å². The highest BCUT2D eigenvalue weighted by molar-refractivity contribution is 5.94. The third-order valence-electron chi connectivity index (χ3n) is 4.66. The van der Waals surface area contributed by atoms with Gasteiger partial charge in [0.1, 0.15) is 0 Å². The highest BCUT2D eigenvalue weighted by Gasteiger charge is 2.25. The molecular weight excluding hydrogens is 290 g/mol. The van der Waals surface area contributed by atoms with Crippen molar-refractivity contribution in [3.63, 3.8) is 0 Å². The SMILES string of the molecule is O=C(NC1CCN(C(=O)C[C@H]2C=CCC2)CC1)c1cccnc1. The van der Waals surface area contributed by atoms with Gasteiger partial charge in [0.2, 0.25) is 5.91 Å². The molecule has 23 heavy (non-hydrogen) atoms. The van der Waals surface area contributed by atoms with Crippen LogP contribution in [0.15, 0.2) is 36.7 Å². The van der Waals surface area contributed by atoms with Crippen LogP contribution in [0.5, 0.6) is 0 Å². The maximum Gasteiger partial charge on any atom is 0.253 e. The van der Waals surface area contributed by atoms with Crippen molar-refractivity contribution in [2.24, 2.45) is 5.92 Å². The Hall–Kier alpha value is -2.17. The van der Waals surface area contributed by atoms with Gasteiger partial charge < -0.3 is 10.2 Å². The van der Waals surface area contributed by atoms with E-state index in [2.05, 4.69) is 22.5 Å². The summed E-state index contributed by atoms with van der Waals surface area (Å²) in [6.07, 6.45) is 12.0. The van der Waals surface area contributed by atoms with Gasteiger partial charge in [0.25, 0.3) is 5.91 Å². The molecule has 0 radical (unpaired) electrons. The lowest BCUT2D eigenvalue weighted by atomic mass is 10.0. The van der Waals surface area contributed by atoms with E-state index in [0.717, 1.165) is 38.8 Å². The molecule has 0 aromatic carbocycles. The summed E-state index contributed by atoms with van der Waals surface area (Å²) in [5, 5.41) is 3.04. The van der Waals surface area contributed by atoms with Gasteiger partial charge in [0.05, 0.1) is 5.56 Å². The normalized spacial score (nSPS) is 21.4. The molecule has 5 heteroatoms. The second kappa shape index (κ2) is 7.40. The molecule has 1 fully saturated rings. The molecule has 1 saturated heterocycles. The summed E-state index contributed by atoms with van der Waals surface area (Å²) in [7, 11) is 0. The van der Waals surface area contributed by atoms with Gasteiger partial charge in [-0.3, -0.25) is 14.6 Å². The smallest absolute Gasteiger partial charge is 0.253 e. The molecule has 0 saturated carbocycles. The molecule has 1 aliphatic heterocycles. The minimum absolute atomic E-state index is 0.0843. The second-order valence-corrected chi connectivity index (χ2v) is 6.34. The molecule has 5 nitrogen and oxygen atoms in total. The van der Waals surface area contributed by atoms with E-state index in [0.29, 0.717) is 17.9 Å². The molecule has 0 unspecified atom stereocenters. The molecular formula is C18H23N3O2. The topological polar surface area (TPSA) is 62.3 Å². The van der Waals surface area contributed by atoms with E-state index in [-0.39, 0.29) is 17.9 Å². The van der Waals surface area contributed by atoms with Crippen LogP contribution in [0.25, 0.3) is 0 Å². The first-order valence-electron chi connectivity index (χ1n) is 8.37. The van der Waals surface area contributed by atoms with Gasteiger partial charge >= 0.3 is 0 Å². The zero-order chi connectivity index (χ0) is 16.1. The van der Waals surface area contributed by atoms with Crippen molar-refractivity contribution >= 4 is 11.8 Å². The maximum absolute atomic E-state index is 12.3. The number of rotatable bonds is 4. The van der Waals surface area contributed by atoms with Crippen LogP contribution in [0, 0.1) is 5.92 Å². The van der Waals surface area contributed by atoms with Gasteiger partial charge in [0, 0.05) is 37.9 Å². The minimum Gasteiger partial charge on any atom is -0.349 e. The Bertz CT molecular complexity index is 577. The van der Waals surface area contributed by atoms with Crippen LogP contribution in [-0.4, -0.2) is 40.8 Å². The first-order valence-corrected chi connectivity index (χ1v) is 8.37. The van der Waals surface area contributed by atoms with Crippen LogP contribution in [-0.2, 0) is 4.79 Å². The first kappa shape index (κ1) is 15.7. The first-order chi connectivity index (χ1) is 11.2. The number of carbonyl (C=O) groups excluding carboxylic acids is 2. The second-order valence-electron chi connectivity index (χ2n) is 6.34. The molecule has 2 amide bonds. The van der Waals surface area contributed by atoms with Gasteiger partial charge in [-0.1, -0.05) is 12.2 Å². The summed E-state index contributed by atoms with van der Waals surface area (Å²) in [4.78, 5) is 30.3. The summed E-state index contributed by atoms with van der Waals surface area (Å²) in [6.45, 7) is 1.46. The minimum atomic E-state index is -0.0843. The monoisotopic (exact) mass is 313 g/mol. The summed E-state index contributed by atoms with van der Waals surface area (Å²) in [5.41, 5.74) is 0.582. The van der Waals surface area contributed by atoms with Gasteiger partial charge in [-0.2, -0.15) is 0 Å². The number of carbonyl (C=O) groups is 2. The highest BCUT2D eigenvalue weighted by Crippen LogP contribution is 2.22. The zero-order valence-corrected chi connectivity index (χ0v) is 13.3. The van der Waals surface area contributed by atoms with Crippen LogP contribution in [0.1, 0.15) is 42.5 Å². The number of hydrogen-bond donors (Lipinski definition) is 1. The lowest BCUT2D eigenvalue weighted by molar-refractivity contribution is -0.132. The number of nitrogens with one attached hydrogen (secondary N) is 1. The predicted octanol–water partition coefficient (Wildman–Crippen LogP) is 2.16. The third kappa shape index (κ3) is 4.18. The molecule has 0 bridgehead atoms. The standard InChI is InChI=1S/C18H23N3O2/c22-17(12-14-4-1-2-5-14)21-10-7-16(8-11-21)20-18(23)15-6-3-9-19-13-15/h1,3-4,6,9,13-14,16H,2,5,7-8,10-12H2,(H,20,23)/t14-/m0/s1. The van der Waals surface area contributed by atoms with Crippen molar-refractivity contribution in [3.05, 3.63) is 42.2 Å². The number of nitrogens with zero attached hydrogens (tertiary/aromatic N) is 2. The van der Waals surface area contributed by atoms with Crippen molar-refractivity contribution < 1.29 is 9.59 Å². The van der Waals surface area contributed by atoms with E-state index in [1.165, 1.54) is 0 Å². The molecule has 122 valence electrons. The van der Waals surface area contributed by atoms with Crippen molar-refractivity contribution in [1.82, 2.24) is 15.2 Å². The van der Waals surface area contributed by atoms with Gasteiger partial charge in [0.15, 0.2) is 0 Å². The summed E-state index contributed by atoms with van der Waals surface area (Å²) in [5.74, 6) is 0.586. The lowest BCUT2D eigenvalue weighted by Crippen LogP contribution is -2.46. The van der Waals surface area contributed by atoms with Crippen LogP contribution in [0.2, 0.25) is 0 Å². The Morgan fingerprint density at radius 1 is 1.26 bits per heavy atom. The summed E-state index contributed by atoms with van der Waals surface area (Å²) in [6, 6.07) is 3.65. The molecule has 2 aliphatic rings. The molecule has 1 atom stereocenters. The van der Waals surface area contributed by atoms with Crippen molar-refractivity contribution in [2.45, 2.75) is 38.1 Å². The van der Waals surface area contributed by atoms with Crippen LogP contribution in [0.3, 0.4) is 0 Å². The Kier molecular flexibility index (Phi) is 5.05. The number of piperidine rings is 1. The number of likely N-dealkylation sites (tertiary alicyclic amines) is 1. The molecule has 1 aromatic rings. The molecule has 1 N–H and O–H groups in total. The van der Waals surface area contributed by atoms with Crippen LogP contribution >= 0.6 is 0 Å². The van der Waals surface area contributed by atoms with E-state index < -0.39 is 0 Å². The fourth-order valence-corrected chi connectivity index (χ4v) is 3.26. The Balaban J connectivity index is 1.44. The third-order valence-corrected chi connectivity index (χ3v) is 4.66. The quantitative estimate of drug-likeness (QED) is 0.867. The highest BCUT2D eigenvalue weighted by atomic mass is 16.2. The van der Waals surface area contributed by atoms with Crippen molar-refractivity contribution in [2.75, 3.05) is 13.1 Å². The lowest BCUT2D eigenvalue weighted by Gasteiger charge is -2.33. The molecule has 2 heterocycles. The summed E-state index contributed by atoms with van der Waals surface area (Å²) >= 11 is 0. The number of allylic oxidation sites excluding steroid dienone is 2. The Morgan fingerprint density at radius 3 is 2.74 bits per heavy atom. The maximum atomic E-state index is 12.3. The summed E-state index contributed by atoms with van der Waals surface area (Å²) < 4.78 is 0. The molecule has 1 aliphatic carbocycles. The number of aromatic nitrogens is 1. The Morgan fingerprint density at radius 2 is 2.09 bits per heavy atom. The molecule has 3 rings (SSSR count). The predicted molar refractivity (Wildman–Crippen MR) is 87.8 cm³/mol. The van der Waals surface area contributed by atoms with E-state index in [1.807, 2.05) is 4.90 Å². The van der Waals surface area contributed by atoms with Gasteiger partial charge in [-0.05, 0) is 43.7 Å². The van der Waals surface area contributed by atoms with Crippen LogP contribution < -0.4 is 5.32 Å². The van der Waals surface area contributed by atoms with Crippen molar-refractivity contribution in [1.29, 1.82) is 0 Å². The molecule has 1 aromatic heterocycles. The van der Waals surface area contributed by atoms with E-state index in [9.17, 15) is 9.59 Å².